The number of ether oxygens (including phenoxy) is 1. The fraction of sp³-hybridized carbons (Fsp3) is 0.667. The third kappa shape index (κ3) is 4.94. The van der Waals surface area contributed by atoms with Crippen LogP contribution in [0.4, 0.5) is 0 Å². The van der Waals surface area contributed by atoms with Gasteiger partial charge in [-0.05, 0) is 39.0 Å². The summed E-state index contributed by atoms with van der Waals surface area (Å²) < 4.78 is 5.01. The smallest absolute Gasteiger partial charge is 0.332 e. The van der Waals surface area contributed by atoms with Crippen LogP contribution in [0.5, 0.6) is 0 Å². The molecule has 0 aromatic heterocycles. The van der Waals surface area contributed by atoms with E-state index in [-0.39, 0.29) is 5.97 Å². The summed E-state index contributed by atoms with van der Waals surface area (Å²) in [6.45, 7) is 8.61. The lowest BCUT2D eigenvalue weighted by Crippen LogP contribution is -2.21. The normalized spacial score (nSPS) is 18.4. The van der Waals surface area contributed by atoms with Crippen molar-refractivity contribution >= 4 is 5.97 Å². The second kappa shape index (κ2) is 7.96. The first-order valence-corrected chi connectivity index (χ1v) is 6.92. The zero-order valence-corrected chi connectivity index (χ0v) is 11.8. The summed E-state index contributed by atoms with van der Waals surface area (Å²) in [5.41, 5.74) is 1.12. The molecule has 0 aromatic rings. The predicted octanol–water partition coefficient (Wildman–Crippen LogP) is 3.13. The van der Waals surface area contributed by atoms with Crippen molar-refractivity contribution in [3.05, 3.63) is 23.9 Å². The SMILES string of the molecule is C/C=C/C(C)C/C(=C/C(=O)OCC)N1CCCC1. The third-order valence-corrected chi connectivity index (χ3v) is 3.14. The Labute approximate surface area is 110 Å². The van der Waals surface area contributed by atoms with E-state index in [1.54, 1.807) is 6.08 Å². The zero-order chi connectivity index (χ0) is 13.4. The van der Waals surface area contributed by atoms with Gasteiger partial charge in [0.2, 0.25) is 0 Å². The lowest BCUT2D eigenvalue weighted by molar-refractivity contribution is -0.137. The largest absolute Gasteiger partial charge is 0.463 e. The molecule has 3 nitrogen and oxygen atoms in total. The van der Waals surface area contributed by atoms with Gasteiger partial charge in [0.1, 0.15) is 0 Å². The second-order valence-electron chi connectivity index (χ2n) is 4.79. The zero-order valence-electron chi connectivity index (χ0n) is 11.8. The van der Waals surface area contributed by atoms with Crippen molar-refractivity contribution in [2.45, 2.75) is 40.0 Å². The molecule has 1 aliphatic rings. The molecule has 3 heteroatoms. The van der Waals surface area contributed by atoms with Crippen LogP contribution < -0.4 is 0 Å². The number of carbonyl (C=O) groups excluding carboxylic acids is 1. The van der Waals surface area contributed by atoms with Gasteiger partial charge in [-0.2, -0.15) is 0 Å². The summed E-state index contributed by atoms with van der Waals surface area (Å²) >= 11 is 0. The maximum atomic E-state index is 11.6. The van der Waals surface area contributed by atoms with Gasteiger partial charge in [0.25, 0.3) is 0 Å². The Balaban J connectivity index is 2.70. The Bertz CT molecular complexity index is 314. The van der Waals surface area contributed by atoms with Crippen LogP contribution in [0.15, 0.2) is 23.9 Å². The molecule has 1 heterocycles. The molecule has 0 N–H and O–H groups in total. The number of carbonyl (C=O) groups is 1. The lowest BCUT2D eigenvalue weighted by Gasteiger charge is -2.23. The number of hydrogen-bond donors (Lipinski definition) is 0. The van der Waals surface area contributed by atoms with Crippen molar-refractivity contribution in [1.29, 1.82) is 0 Å². The van der Waals surface area contributed by atoms with Crippen LogP contribution in [0.25, 0.3) is 0 Å². The highest BCUT2D eigenvalue weighted by Gasteiger charge is 2.17. The number of allylic oxidation sites excluding steroid dienone is 3. The maximum absolute atomic E-state index is 11.6. The van der Waals surface area contributed by atoms with Crippen molar-refractivity contribution in [3.8, 4) is 0 Å². The fourth-order valence-electron chi connectivity index (χ4n) is 2.33. The van der Waals surface area contributed by atoms with Gasteiger partial charge >= 0.3 is 5.97 Å². The van der Waals surface area contributed by atoms with E-state index >= 15 is 0 Å². The molecule has 0 bridgehead atoms. The average molecular weight is 251 g/mol. The van der Waals surface area contributed by atoms with Crippen LogP contribution in [0.2, 0.25) is 0 Å². The molecular formula is C15H25NO2. The molecular weight excluding hydrogens is 226 g/mol. The van der Waals surface area contributed by atoms with E-state index < -0.39 is 0 Å². The lowest BCUT2D eigenvalue weighted by atomic mass is 10.0. The van der Waals surface area contributed by atoms with Gasteiger partial charge in [0.15, 0.2) is 0 Å². The Morgan fingerprint density at radius 3 is 2.61 bits per heavy atom. The molecule has 18 heavy (non-hydrogen) atoms. The van der Waals surface area contributed by atoms with Gasteiger partial charge in [-0.3, -0.25) is 0 Å². The molecule has 0 amide bonds. The minimum atomic E-state index is -0.216. The van der Waals surface area contributed by atoms with Gasteiger partial charge < -0.3 is 9.64 Å². The first-order valence-electron chi connectivity index (χ1n) is 6.92. The average Bonchev–Trinajstić information content (AvgIpc) is 2.82. The Morgan fingerprint density at radius 2 is 2.06 bits per heavy atom. The maximum Gasteiger partial charge on any atom is 0.332 e. The van der Waals surface area contributed by atoms with Crippen LogP contribution in [-0.4, -0.2) is 30.6 Å². The number of esters is 1. The van der Waals surface area contributed by atoms with E-state index in [4.69, 9.17) is 4.74 Å². The summed E-state index contributed by atoms with van der Waals surface area (Å²) in [6.07, 6.45) is 9.26. The summed E-state index contributed by atoms with van der Waals surface area (Å²) in [5.74, 6) is 0.239. The van der Waals surface area contributed by atoms with Crippen LogP contribution in [0.1, 0.15) is 40.0 Å². The highest BCUT2D eigenvalue weighted by molar-refractivity contribution is 5.82. The number of hydrogen-bond acceptors (Lipinski definition) is 3. The summed E-state index contributed by atoms with van der Waals surface area (Å²) in [4.78, 5) is 13.9. The summed E-state index contributed by atoms with van der Waals surface area (Å²) in [7, 11) is 0. The molecule has 1 atom stereocenters. The molecule has 0 aromatic carbocycles. The summed E-state index contributed by atoms with van der Waals surface area (Å²) in [5, 5.41) is 0. The molecule has 0 aliphatic carbocycles. The minimum absolute atomic E-state index is 0.216. The van der Waals surface area contributed by atoms with E-state index in [1.807, 2.05) is 13.8 Å². The monoisotopic (exact) mass is 251 g/mol. The Morgan fingerprint density at radius 1 is 1.39 bits per heavy atom. The molecule has 1 fully saturated rings. The van der Waals surface area contributed by atoms with E-state index in [9.17, 15) is 4.79 Å². The highest BCUT2D eigenvalue weighted by atomic mass is 16.5. The first kappa shape index (κ1) is 14.8. The van der Waals surface area contributed by atoms with Crippen molar-refractivity contribution in [2.75, 3.05) is 19.7 Å². The molecule has 1 unspecified atom stereocenters. The van der Waals surface area contributed by atoms with Crippen molar-refractivity contribution < 1.29 is 9.53 Å². The number of rotatable bonds is 6. The molecule has 1 aliphatic heterocycles. The number of likely N-dealkylation sites (tertiary alicyclic amines) is 1. The van der Waals surface area contributed by atoms with Crippen molar-refractivity contribution in [2.24, 2.45) is 5.92 Å². The number of nitrogens with zero attached hydrogens (tertiary/aromatic N) is 1. The highest BCUT2D eigenvalue weighted by Crippen LogP contribution is 2.21. The molecule has 102 valence electrons. The van der Waals surface area contributed by atoms with Crippen LogP contribution >= 0.6 is 0 Å². The molecule has 0 radical (unpaired) electrons. The van der Waals surface area contributed by atoms with Crippen molar-refractivity contribution in [1.82, 2.24) is 4.90 Å². The van der Waals surface area contributed by atoms with E-state index in [2.05, 4.69) is 24.0 Å². The van der Waals surface area contributed by atoms with E-state index in [0.717, 1.165) is 25.2 Å². The van der Waals surface area contributed by atoms with Crippen LogP contribution in [-0.2, 0) is 9.53 Å². The molecule has 0 saturated carbocycles. The quantitative estimate of drug-likeness (QED) is 0.412. The first-order chi connectivity index (χ1) is 8.67. The minimum Gasteiger partial charge on any atom is -0.463 e. The Kier molecular flexibility index (Phi) is 6.55. The van der Waals surface area contributed by atoms with E-state index in [1.165, 1.54) is 12.8 Å². The van der Waals surface area contributed by atoms with Crippen LogP contribution in [0.3, 0.4) is 0 Å². The van der Waals surface area contributed by atoms with Crippen molar-refractivity contribution in [3.63, 3.8) is 0 Å². The van der Waals surface area contributed by atoms with Gasteiger partial charge in [0, 0.05) is 24.9 Å². The Hall–Kier alpha value is -1.25. The van der Waals surface area contributed by atoms with Gasteiger partial charge in [0.05, 0.1) is 6.61 Å². The van der Waals surface area contributed by atoms with Gasteiger partial charge in [-0.1, -0.05) is 19.1 Å². The second-order valence-corrected chi connectivity index (χ2v) is 4.79. The standard InChI is InChI=1S/C15H25NO2/c1-4-8-13(3)11-14(12-15(17)18-5-2)16-9-6-7-10-16/h4,8,12-13H,5-7,9-11H2,1-3H3/b8-4+,14-12-. The fourth-order valence-corrected chi connectivity index (χ4v) is 2.33. The summed E-state index contributed by atoms with van der Waals surface area (Å²) in [6, 6.07) is 0. The van der Waals surface area contributed by atoms with Crippen LogP contribution in [0, 0.1) is 5.92 Å². The van der Waals surface area contributed by atoms with Gasteiger partial charge in [-0.25, -0.2) is 4.79 Å². The molecule has 1 saturated heterocycles. The van der Waals surface area contributed by atoms with E-state index in [0.29, 0.717) is 12.5 Å². The predicted molar refractivity (Wildman–Crippen MR) is 74.1 cm³/mol. The molecule has 0 spiro atoms. The van der Waals surface area contributed by atoms with Gasteiger partial charge in [-0.15, -0.1) is 0 Å². The topological polar surface area (TPSA) is 29.5 Å². The third-order valence-electron chi connectivity index (χ3n) is 3.14. The molecule has 1 rings (SSSR count).